The second-order valence-electron chi connectivity index (χ2n) is 5.29. The molecule has 2 aromatic rings. The van der Waals surface area contributed by atoms with Crippen LogP contribution in [0.2, 0.25) is 5.02 Å². The zero-order valence-corrected chi connectivity index (χ0v) is 18.0. The van der Waals surface area contributed by atoms with Gasteiger partial charge in [0.25, 0.3) is 0 Å². The van der Waals surface area contributed by atoms with Crippen molar-refractivity contribution in [3.8, 4) is 0 Å². The molecule has 2 aromatic carbocycles. The maximum absolute atomic E-state index is 5.88. The number of hydrogen-bond acceptors (Lipinski definition) is 2. The monoisotopic (exact) mass is 374 g/mol. The molecule has 2 rings (SSSR count). The molecular formula is C23H35ClN2. The summed E-state index contributed by atoms with van der Waals surface area (Å²) < 4.78 is 0. The first-order valence-electron chi connectivity index (χ1n) is 9.57. The lowest BCUT2D eigenvalue weighted by Gasteiger charge is -2.08. The van der Waals surface area contributed by atoms with Crippen molar-refractivity contribution >= 4 is 11.6 Å². The van der Waals surface area contributed by atoms with Crippen molar-refractivity contribution < 1.29 is 0 Å². The predicted molar refractivity (Wildman–Crippen MR) is 118 cm³/mol. The van der Waals surface area contributed by atoms with Crippen molar-refractivity contribution in [3.05, 3.63) is 82.0 Å². The van der Waals surface area contributed by atoms with Gasteiger partial charge in [0.1, 0.15) is 0 Å². The molecule has 0 spiro atoms. The van der Waals surface area contributed by atoms with E-state index in [1.807, 2.05) is 46.9 Å². The Morgan fingerprint density at radius 2 is 1.23 bits per heavy atom. The largest absolute Gasteiger partial charge is 0.391 e. The lowest BCUT2D eigenvalue weighted by atomic mass is 10.1. The van der Waals surface area contributed by atoms with Crippen LogP contribution in [-0.2, 0) is 19.5 Å². The molecule has 2 nitrogen and oxygen atoms in total. The van der Waals surface area contributed by atoms with E-state index >= 15 is 0 Å². The minimum absolute atomic E-state index is 0.779. The van der Waals surface area contributed by atoms with Crippen LogP contribution >= 0.6 is 11.6 Å². The minimum atomic E-state index is 0.779. The molecule has 0 bridgehead atoms. The Bertz CT molecular complexity index is 601. The highest BCUT2D eigenvalue weighted by Crippen LogP contribution is 2.11. The zero-order chi connectivity index (χ0) is 19.8. The first kappa shape index (κ1) is 24.2. The van der Waals surface area contributed by atoms with Crippen LogP contribution in [0.25, 0.3) is 0 Å². The summed E-state index contributed by atoms with van der Waals surface area (Å²) in [6.45, 7) is 11.8. The van der Waals surface area contributed by atoms with Crippen molar-refractivity contribution in [2.45, 2.75) is 54.1 Å². The van der Waals surface area contributed by atoms with E-state index in [0.29, 0.717) is 0 Å². The maximum atomic E-state index is 5.88. The molecule has 0 saturated heterocycles. The Morgan fingerprint density at radius 1 is 0.808 bits per heavy atom. The number of benzene rings is 2. The van der Waals surface area contributed by atoms with Crippen LogP contribution < -0.4 is 10.6 Å². The van der Waals surface area contributed by atoms with Crippen LogP contribution in [0, 0.1) is 0 Å². The summed E-state index contributed by atoms with van der Waals surface area (Å²) in [5.74, 6) is 0. The lowest BCUT2D eigenvalue weighted by molar-refractivity contribution is 0.693. The Morgan fingerprint density at radius 3 is 1.65 bits per heavy atom. The maximum Gasteiger partial charge on any atom is 0.0406 e. The van der Waals surface area contributed by atoms with Gasteiger partial charge in [0.2, 0.25) is 0 Å². The van der Waals surface area contributed by atoms with Gasteiger partial charge < -0.3 is 10.6 Å². The Balaban J connectivity index is 0.00000146. The number of rotatable bonds is 7. The summed E-state index contributed by atoms with van der Waals surface area (Å²) in [5.41, 5.74) is 5.11. The molecule has 0 aliphatic carbocycles. The fourth-order valence-electron chi connectivity index (χ4n) is 2.28. The quantitative estimate of drug-likeness (QED) is 0.590. The molecule has 0 saturated carbocycles. The van der Waals surface area contributed by atoms with Crippen molar-refractivity contribution in [1.29, 1.82) is 0 Å². The number of likely N-dealkylation sites (N-methyl/N-ethyl adjacent to an activating group) is 1. The first-order chi connectivity index (χ1) is 12.7. The summed E-state index contributed by atoms with van der Waals surface area (Å²) in [4.78, 5) is 0. The van der Waals surface area contributed by atoms with Crippen LogP contribution in [0.5, 0.6) is 0 Å². The number of allylic oxidation sites excluding steroid dienone is 2. The average Bonchev–Trinajstić information content (AvgIpc) is 2.72. The van der Waals surface area contributed by atoms with E-state index in [2.05, 4.69) is 60.0 Å². The smallest absolute Gasteiger partial charge is 0.0406 e. The van der Waals surface area contributed by atoms with Gasteiger partial charge in [-0.1, -0.05) is 81.8 Å². The van der Waals surface area contributed by atoms with Gasteiger partial charge in [0.15, 0.2) is 0 Å². The van der Waals surface area contributed by atoms with Crippen molar-refractivity contribution in [3.63, 3.8) is 0 Å². The molecule has 0 radical (unpaired) electrons. The molecule has 144 valence electrons. The SMILES string of the molecule is C/C=C(/Cc1ccc(CNCc2ccc(Cl)cc2)cc1)NC.CC.CC. The second kappa shape index (κ2) is 15.5. The molecule has 0 fully saturated rings. The van der Waals surface area contributed by atoms with Gasteiger partial charge in [0, 0.05) is 37.3 Å². The normalized spacial score (nSPS) is 10.2. The number of halogens is 1. The van der Waals surface area contributed by atoms with E-state index in [9.17, 15) is 0 Å². The molecular weight excluding hydrogens is 340 g/mol. The van der Waals surface area contributed by atoms with Gasteiger partial charge in [-0.15, -0.1) is 0 Å². The second-order valence-corrected chi connectivity index (χ2v) is 5.72. The van der Waals surface area contributed by atoms with E-state index in [1.54, 1.807) is 0 Å². The van der Waals surface area contributed by atoms with Crippen LogP contribution in [0.1, 0.15) is 51.3 Å². The highest BCUT2D eigenvalue weighted by atomic mass is 35.5. The first-order valence-corrected chi connectivity index (χ1v) is 9.95. The third-order valence-corrected chi connectivity index (χ3v) is 3.91. The third-order valence-electron chi connectivity index (χ3n) is 3.66. The summed E-state index contributed by atoms with van der Waals surface area (Å²) in [6.07, 6.45) is 3.06. The lowest BCUT2D eigenvalue weighted by Crippen LogP contribution is -2.12. The summed E-state index contributed by atoms with van der Waals surface area (Å²) in [5, 5.41) is 7.44. The van der Waals surface area contributed by atoms with E-state index < -0.39 is 0 Å². The summed E-state index contributed by atoms with van der Waals surface area (Å²) >= 11 is 5.88. The van der Waals surface area contributed by atoms with E-state index in [0.717, 1.165) is 24.5 Å². The Hall–Kier alpha value is -1.77. The van der Waals surface area contributed by atoms with Crippen LogP contribution in [0.4, 0.5) is 0 Å². The molecule has 0 amide bonds. The van der Waals surface area contributed by atoms with E-state index in [4.69, 9.17) is 11.6 Å². The zero-order valence-electron chi connectivity index (χ0n) is 17.2. The van der Waals surface area contributed by atoms with Gasteiger partial charge in [-0.25, -0.2) is 0 Å². The highest BCUT2D eigenvalue weighted by Gasteiger charge is 1.99. The van der Waals surface area contributed by atoms with Crippen molar-refractivity contribution in [1.82, 2.24) is 10.6 Å². The third kappa shape index (κ3) is 9.65. The van der Waals surface area contributed by atoms with E-state index in [1.165, 1.54) is 22.4 Å². The summed E-state index contributed by atoms with van der Waals surface area (Å²) in [6, 6.07) is 16.7. The van der Waals surface area contributed by atoms with E-state index in [-0.39, 0.29) is 0 Å². The average molecular weight is 375 g/mol. The molecule has 3 heteroatoms. The molecule has 0 aromatic heterocycles. The molecule has 0 aliphatic rings. The van der Waals surface area contributed by atoms with Crippen molar-refractivity contribution in [2.75, 3.05) is 7.05 Å². The van der Waals surface area contributed by atoms with Gasteiger partial charge in [-0.3, -0.25) is 0 Å². The molecule has 0 atom stereocenters. The topological polar surface area (TPSA) is 24.1 Å². The standard InChI is InChI=1S/C19H23ClN2.2C2H6/c1-3-19(21-2)12-15-4-6-16(7-5-15)13-22-14-17-8-10-18(20)11-9-17;2*1-2/h3-11,21-22H,12-14H2,1-2H3;2*1-2H3/b19-3-;;. The number of hydrogen-bond donors (Lipinski definition) is 2. The molecule has 0 aliphatic heterocycles. The molecule has 0 heterocycles. The Kier molecular flexibility index (Phi) is 14.4. The minimum Gasteiger partial charge on any atom is -0.391 e. The highest BCUT2D eigenvalue weighted by molar-refractivity contribution is 6.30. The van der Waals surface area contributed by atoms with Crippen LogP contribution in [0.15, 0.2) is 60.3 Å². The fraction of sp³-hybridized carbons (Fsp3) is 0.391. The fourth-order valence-corrected chi connectivity index (χ4v) is 2.41. The van der Waals surface area contributed by atoms with Crippen LogP contribution in [0.3, 0.4) is 0 Å². The summed E-state index contributed by atoms with van der Waals surface area (Å²) in [7, 11) is 1.96. The molecule has 0 unspecified atom stereocenters. The Labute approximate surface area is 165 Å². The van der Waals surface area contributed by atoms with Crippen molar-refractivity contribution in [2.24, 2.45) is 0 Å². The van der Waals surface area contributed by atoms with Gasteiger partial charge in [-0.05, 0) is 35.7 Å². The van der Waals surface area contributed by atoms with Gasteiger partial charge >= 0.3 is 0 Å². The van der Waals surface area contributed by atoms with Gasteiger partial charge in [-0.2, -0.15) is 0 Å². The van der Waals surface area contributed by atoms with Crippen LogP contribution in [-0.4, -0.2) is 7.05 Å². The van der Waals surface area contributed by atoms with Gasteiger partial charge in [0.05, 0.1) is 0 Å². The molecule has 2 N–H and O–H groups in total. The molecule has 26 heavy (non-hydrogen) atoms. The predicted octanol–water partition coefficient (Wildman–Crippen LogP) is 6.35. The number of nitrogens with one attached hydrogen (secondary N) is 2.